The van der Waals surface area contributed by atoms with Gasteiger partial charge >= 0.3 is 5.97 Å². The summed E-state index contributed by atoms with van der Waals surface area (Å²) in [6.45, 7) is 11.1. The molecular formula is C48H60N2O8S2. The summed E-state index contributed by atoms with van der Waals surface area (Å²) in [6.07, 6.45) is 4.15. The first-order chi connectivity index (χ1) is 28.6. The lowest BCUT2D eigenvalue weighted by atomic mass is 9.74. The Morgan fingerprint density at radius 1 is 0.900 bits per heavy atom. The van der Waals surface area contributed by atoms with E-state index >= 15 is 0 Å². The predicted octanol–water partition coefficient (Wildman–Crippen LogP) is 8.90. The van der Waals surface area contributed by atoms with Crippen LogP contribution in [0.3, 0.4) is 0 Å². The fourth-order valence-corrected chi connectivity index (χ4v) is 11.4. The second-order valence-corrected chi connectivity index (χ2v) is 20.9. The van der Waals surface area contributed by atoms with E-state index in [0.29, 0.717) is 50.4 Å². The van der Waals surface area contributed by atoms with Crippen molar-refractivity contribution in [3.8, 4) is 5.75 Å². The molecule has 4 aromatic carbocycles. The molecule has 0 bridgehead atoms. The highest BCUT2D eigenvalue weighted by molar-refractivity contribution is 7.89. The van der Waals surface area contributed by atoms with E-state index in [4.69, 9.17) is 9.47 Å². The lowest BCUT2D eigenvalue weighted by molar-refractivity contribution is -0.139. The molecule has 6 rings (SSSR count). The van der Waals surface area contributed by atoms with Crippen LogP contribution in [0.1, 0.15) is 87.2 Å². The average molecular weight is 857 g/mol. The van der Waals surface area contributed by atoms with Crippen molar-refractivity contribution >= 4 is 26.0 Å². The molecule has 2 fully saturated rings. The molecule has 0 amide bonds. The Labute approximate surface area is 357 Å². The Kier molecular flexibility index (Phi) is 15.1. The second kappa shape index (κ2) is 20.0. The van der Waals surface area contributed by atoms with Gasteiger partial charge in [0.15, 0.2) is 6.61 Å². The quantitative estimate of drug-likeness (QED) is 0.0983. The zero-order valence-electron chi connectivity index (χ0n) is 35.3. The second-order valence-electron chi connectivity index (χ2n) is 16.9. The van der Waals surface area contributed by atoms with Gasteiger partial charge in [0.1, 0.15) is 5.75 Å². The summed E-state index contributed by atoms with van der Waals surface area (Å²) in [6, 6.07) is 32.0. The molecule has 2 aliphatic rings. The highest BCUT2D eigenvalue weighted by Crippen LogP contribution is 2.50. The highest BCUT2D eigenvalue weighted by Gasteiger charge is 2.42. The Balaban J connectivity index is 1.24. The van der Waals surface area contributed by atoms with Gasteiger partial charge in [-0.2, -0.15) is 4.31 Å². The van der Waals surface area contributed by atoms with Crippen LogP contribution in [0.4, 0.5) is 0 Å². The fourth-order valence-electron chi connectivity index (χ4n) is 8.68. The minimum Gasteiger partial charge on any atom is -0.482 e. The molecule has 1 N–H and O–H groups in total. The largest absolute Gasteiger partial charge is 0.482 e. The zero-order chi connectivity index (χ0) is 43.0. The number of carboxylic acid groups (broad SMARTS) is 1. The van der Waals surface area contributed by atoms with Gasteiger partial charge in [0, 0.05) is 44.1 Å². The van der Waals surface area contributed by atoms with Crippen LogP contribution in [0, 0.1) is 17.8 Å². The van der Waals surface area contributed by atoms with Crippen LogP contribution in [0.2, 0.25) is 0 Å². The number of rotatable bonds is 18. The van der Waals surface area contributed by atoms with Gasteiger partial charge in [0.25, 0.3) is 0 Å². The third-order valence-electron chi connectivity index (χ3n) is 12.0. The smallest absolute Gasteiger partial charge is 0.341 e. The van der Waals surface area contributed by atoms with Gasteiger partial charge in [-0.25, -0.2) is 25.9 Å². The molecular weight excluding hydrogens is 797 g/mol. The monoisotopic (exact) mass is 856 g/mol. The van der Waals surface area contributed by atoms with E-state index < -0.39 is 38.7 Å². The Bertz CT molecular complexity index is 2280. The van der Waals surface area contributed by atoms with Crippen molar-refractivity contribution < 1.29 is 36.2 Å². The number of hydrogen-bond acceptors (Lipinski definition) is 7. The van der Waals surface area contributed by atoms with Crippen molar-refractivity contribution in [2.24, 2.45) is 17.8 Å². The van der Waals surface area contributed by atoms with Gasteiger partial charge in [-0.3, -0.25) is 0 Å². The van der Waals surface area contributed by atoms with Gasteiger partial charge in [0.2, 0.25) is 20.0 Å². The van der Waals surface area contributed by atoms with Crippen LogP contribution in [0.15, 0.2) is 125 Å². The van der Waals surface area contributed by atoms with Gasteiger partial charge in [-0.05, 0) is 111 Å². The number of ether oxygens (including phenoxy) is 2. The zero-order valence-corrected chi connectivity index (χ0v) is 36.9. The maximum absolute atomic E-state index is 14.3. The number of aryl methyl sites for hydroxylation is 1. The van der Waals surface area contributed by atoms with Crippen LogP contribution in [-0.4, -0.2) is 75.9 Å². The molecule has 0 unspecified atom stereocenters. The van der Waals surface area contributed by atoms with Crippen molar-refractivity contribution in [3.63, 3.8) is 0 Å². The molecule has 10 nitrogen and oxygen atoms in total. The summed E-state index contributed by atoms with van der Waals surface area (Å²) in [4.78, 5) is 12.0. The normalized spacial score (nSPS) is 20.6. The number of benzene rings is 4. The molecule has 0 saturated carbocycles. The fraction of sp³-hybridized carbons (Fsp3) is 0.438. The van der Waals surface area contributed by atoms with E-state index in [1.165, 1.54) is 21.5 Å². The van der Waals surface area contributed by atoms with E-state index in [1.54, 1.807) is 35.6 Å². The summed E-state index contributed by atoms with van der Waals surface area (Å²) in [7, 11) is -6.01. The molecule has 4 aromatic rings. The molecule has 2 heterocycles. The predicted molar refractivity (Wildman–Crippen MR) is 235 cm³/mol. The summed E-state index contributed by atoms with van der Waals surface area (Å²) < 4.78 is 71.6. The highest BCUT2D eigenvalue weighted by atomic mass is 32.2. The number of carboxylic acids is 1. The lowest BCUT2D eigenvalue weighted by Crippen LogP contribution is -2.39. The molecule has 322 valence electrons. The van der Waals surface area contributed by atoms with E-state index in [0.717, 1.165) is 36.8 Å². The minimum atomic E-state index is -3.90. The van der Waals surface area contributed by atoms with Gasteiger partial charge < -0.3 is 14.6 Å². The van der Waals surface area contributed by atoms with Gasteiger partial charge in [-0.1, -0.05) is 98.8 Å². The van der Waals surface area contributed by atoms with Crippen LogP contribution < -0.4 is 4.74 Å². The van der Waals surface area contributed by atoms with Gasteiger partial charge in [-0.15, -0.1) is 0 Å². The summed E-state index contributed by atoms with van der Waals surface area (Å²) in [5.41, 5.74) is 4.64. The lowest BCUT2D eigenvalue weighted by Gasteiger charge is -2.44. The number of aliphatic carboxylic acids is 1. The van der Waals surface area contributed by atoms with E-state index in [-0.39, 0.29) is 39.4 Å². The Hall–Kier alpha value is -4.33. The van der Waals surface area contributed by atoms with Gasteiger partial charge in [0.05, 0.1) is 22.0 Å². The molecule has 60 heavy (non-hydrogen) atoms. The van der Waals surface area contributed by atoms with Crippen LogP contribution in [-0.2, 0) is 42.4 Å². The van der Waals surface area contributed by atoms with Crippen molar-refractivity contribution in [1.29, 1.82) is 0 Å². The maximum atomic E-state index is 14.3. The number of nitrogens with zero attached hydrogens (tertiary/aromatic N) is 2. The number of carbonyl (C=O) groups is 1. The third-order valence-corrected chi connectivity index (χ3v) is 15.8. The summed E-state index contributed by atoms with van der Waals surface area (Å²) >= 11 is 0. The third kappa shape index (κ3) is 11.1. The standard InChI is InChI=1S/C48H60N2O8S2/c1-34(2)29-46-43(39-18-20-40(21-19-39)59(53,54)49(5)26-12-17-36-13-8-6-9-14-36)32-42(35(3)4)48(58-46)44-31-41(22-23-45(44)57-33-47(51)52)60(55,56)50-27-24-38(25-28-50)30-37-15-10-7-11-16-37/h6-11,13-16,18-23,31,34,38,42-43,46,48H,3,12,17,24-30,32-33H2,1-2,4-5H3,(H,51,52)/t42-,43-,46+,48+/m0/s1. The van der Waals surface area contributed by atoms with E-state index in [2.05, 4.69) is 32.6 Å². The van der Waals surface area contributed by atoms with Crippen LogP contribution in [0.5, 0.6) is 5.75 Å². The SMILES string of the molecule is C=C(C)[C@@H]1C[C@@H](c2ccc(S(=O)(=O)N(C)CCCc3ccccc3)cc2)[C@@H](CC(C)C)O[C@H]1c1cc(S(=O)(=O)N2CCC(Cc3ccccc3)CC2)ccc1OCC(=O)O. The topological polar surface area (TPSA) is 131 Å². The van der Waals surface area contributed by atoms with Crippen molar-refractivity contribution in [2.45, 2.75) is 93.6 Å². The van der Waals surface area contributed by atoms with Crippen molar-refractivity contribution in [3.05, 3.63) is 138 Å². The average Bonchev–Trinajstić information content (AvgIpc) is 3.23. The summed E-state index contributed by atoms with van der Waals surface area (Å²) in [5.74, 6) is -0.703. The minimum absolute atomic E-state index is 0.107. The van der Waals surface area contributed by atoms with E-state index in [9.17, 15) is 26.7 Å². The van der Waals surface area contributed by atoms with Crippen LogP contribution >= 0.6 is 0 Å². The molecule has 2 saturated heterocycles. The van der Waals surface area contributed by atoms with Crippen molar-refractivity contribution in [1.82, 2.24) is 8.61 Å². The number of sulfonamides is 2. The first-order valence-corrected chi connectivity index (χ1v) is 23.9. The molecule has 2 aliphatic heterocycles. The Morgan fingerprint density at radius 2 is 1.52 bits per heavy atom. The van der Waals surface area contributed by atoms with Crippen molar-refractivity contribution in [2.75, 3.05) is 33.3 Å². The number of piperidine rings is 1. The Morgan fingerprint density at radius 3 is 2.12 bits per heavy atom. The molecule has 0 aromatic heterocycles. The molecule has 0 aliphatic carbocycles. The van der Waals surface area contributed by atoms with E-state index in [1.807, 2.05) is 67.6 Å². The van der Waals surface area contributed by atoms with Crippen LogP contribution in [0.25, 0.3) is 0 Å². The molecule has 0 spiro atoms. The first-order valence-electron chi connectivity index (χ1n) is 21.1. The maximum Gasteiger partial charge on any atom is 0.341 e. The molecule has 0 radical (unpaired) electrons. The molecule has 12 heteroatoms. The summed E-state index contributed by atoms with van der Waals surface area (Å²) in [5, 5.41) is 9.55. The first kappa shape index (κ1) is 45.2. The number of hydrogen-bond donors (Lipinski definition) is 1. The molecule has 4 atom stereocenters.